The Morgan fingerprint density at radius 3 is 2.15 bits per heavy atom. The van der Waals surface area contributed by atoms with Gasteiger partial charge in [0.1, 0.15) is 11.5 Å². The molecular weight excluding hydrogens is 252 g/mol. The third-order valence-electron chi connectivity index (χ3n) is 3.34. The van der Waals surface area contributed by atoms with Crippen molar-refractivity contribution in [1.82, 2.24) is 10.2 Å². The van der Waals surface area contributed by atoms with E-state index in [1.165, 1.54) is 5.56 Å². The van der Waals surface area contributed by atoms with E-state index in [-0.39, 0.29) is 0 Å². The van der Waals surface area contributed by atoms with Crippen molar-refractivity contribution in [3.8, 4) is 11.5 Å². The molecule has 0 aliphatic carbocycles. The summed E-state index contributed by atoms with van der Waals surface area (Å²) >= 11 is 0. The van der Waals surface area contributed by atoms with E-state index in [1.807, 2.05) is 18.2 Å². The molecule has 0 amide bonds. The monoisotopic (exact) mass is 274 g/mol. The molecule has 2 aromatic rings. The van der Waals surface area contributed by atoms with Crippen molar-refractivity contribution in [2.24, 2.45) is 0 Å². The van der Waals surface area contributed by atoms with E-state index in [0.717, 1.165) is 35.7 Å². The van der Waals surface area contributed by atoms with Gasteiger partial charge in [-0.25, -0.2) is 0 Å². The summed E-state index contributed by atoms with van der Waals surface area (Å²) < 4.78 is 10.6. The lowest BCUT2D eigenvalue weighted by Gasteiger charge is -2.08. The molecule has 0 aliphatic heterocycles. The molecule has 0 bridgehead atoms. The van der Waals surface area contributed by atoms with Crippen LogP contribution in [0.15, 0.2) is 24.3 Å². The highest BCUT2D eigenvalue weighted by atomic mass is 16.5. The average Bonchev–Trinajstić information content (AvgIpc) is 2.93. The smallest absolute Gasteiger partial charge is 0.122 e. The number of benzene rings is 1. The molecule has 1 aromatic carbocycles. The Morgan fingerprint density at radius 1 is 1.00 bits per heavy atom. The van der Waals surface area contributed by atoms with Crippen molar-refractivity contribution in [3.63, 3.8) is 0 Å². The zero-order valence-electron chi connectivity index (χ0n) is 12.6. The summed E-state index contributed by atoms with van der Waals surface area (Å²) in [6.07, 6.45) is 1.85. The second-order valence-corrected chi connectivity index (χ2v) is 5.19. The van der Waals surface area contributed by atoms with Crippen molar-refractivity contribution in [3.05, 3.63) is 41.2 Å². The van der Waals surface area contributed by atoms with Gasteiger partial charge in [0.05, 0.1) is 19.9 Å². The zero-order valence-corrected chi connectivity index (χ0v) is 12.6. The Labute approximate surface area is 120 Å². The summed E-state index contributed by atoms with van der Waals surface area (Å²) in [6, 6.07) is 8.11. The minimum Gasteiger partial charge on any atom is -0.497 e. The van der Waals surface area contributed by atoms with Crippen LogP contribution in [0.3, 0.4) is 0 Å². The molecule has 1 aromatic heterocycles. The van der Waals surface area contributed by atoms with E-state index in [4.69, 9.17) is 9.47 Å². The van der Waals surface area contributed by atoms with Gasteiger partial charge in [-0.2, -0.15) is 5.10 Å². The molecule has 0 atom stereocenters. The molecule has 20 heavy (non-hydrogen) atoms. The van der Waals surface area contributed by atoms with E-state index >= 15 is 0 Å². The van der Waals surface area contributed by atoms with Crippen LogP contribution in [0.4, 0.5) is 0 Å². The van der Waals surface area contributed by atoms with Crippen LogP contribution in [-0.2, 0) is 12.8 Å². The van der Waals surface area contributed by atoms with Gasteiger partial charge in [-0.05, 0) is 42.5 Å². The van der Waals surface area contributed by atoms with Gasteiger partial charge in [-0.1, -0.05) is 13.8 Å². The molecule has 0 fully saturated rings. The Morgan fingerprint density at radius 2 is 1.65 bits per heavy atom. The van der Waals surface area contributed by atoms with Gasteiger partial charge in [0.2, 0.25) is 0 Å². The van der Waals surface area contributed by atoms with Gasteiger partial charge in [0.15, 0.2) is 0 Å². The normalized spacial score (nSPS) is 10.8. The lowest BCUT2D eigenvalue weighted by molar-refractivity contribution is 0.393. The Balaban J connectivity index is 2.05. The highest BCUT2D eigenvalue weighted by molar-refractivity contribution is 5.38. The summed E-state index contributed by atoms with van der Waals surface area (Å²) in [5, 5.41) is 7.42. The van der Waals surface area contributed by atoms with Gasteiger partial charge in [0, 0.05) is 11.8 Å². The first kappa shape index (κ1) is 14.4. The summed E-state index contributed by atoms with van der Waals surface area (Å²) in [4.78, 5) is 0. The summed E-state index contributed by atoms with van der Waals surface area (Å²) in [6.45, 7) is 4.29. The highest BCUT2D eigenvalue weighted by Gasteiger charge is 2.06. The van der Waals surface area contributed by atoms with E-state index < -0.39 is 0 Å². The number of aromatic nitrogens is 2. The summed E-state index contributed by atoms with van der Waals surface area (Å²) in [7, 11) is 3.34. The van der Waals surface area contributed by atoms with Crippen LogP contribution in [0.5, 0.6) is 11.5 Å². The predicted octanol–water partition coefficient (Wildman–Crippen LogP) is 3.34. The number of nitrogens with zero attached hydrogens (tertiary/aromatic N) is 1. The number of methoxy groups -OCH3 is 2. The minimum absolute atomic E-state index is 0.455. The molecular formula is C16H22N2O2. The van der Waals surface area contributed by atoms with Gasteiger partial charge >= 0.3 is 0 Å². The molecule has 1 heterocycles. The van der Waals surface area contributed by atoms with Crippen molar-refractivity contribution in [2.75, 3.05) is 14.2 Å². The molecule has 0 saturated heterocycles. The standard InChI is InChI=1S/C16H22N2O2/c1-11(2)16-9-13(17-18-16)6-5-12-7-14(19-3)10-15(8-12)20-4/h7-11H,5-6H2,1-4H3,(H,17,18). The SMILES string of the molecule is COc1cc(CCc2cc(C(C)C)n[nH]2)cc(OC)c1. The van der Waals surface area contributed by atoms with Crippen LogP contribution in [0.2, 0.25) is 0 Å². The number of hydrogen-bond donors (Lipinski definition) is 1. The fraction of sp³-hybridized carbons (Fsp3) is 0.438. The number of H-pyrrole nitrogens is 1. The van der Waals surface area contributed by atoms with Gasteiger partial charge in [0.25, 0.3) is 0 Å². The van der Waals surface area contributed by atoms with Crippen molar-refractivity contribution in [1.29, 1.82) is 0 Å². The van der Waals surface area contributed by atoms with Crippen molar-refractivity contribution >= 4 is 0 Å². The van der Waals surface area contributed by atoms with E-state index in [9.17, 15) is 0 Å². The topological polar surface area (TPSA) is 47.1 Å². The fourth-order valence-electron chi connectivity index (χ4n) is 2.09. The lowest BCUT2D eigenvalue weighted by Crippen LogP contribution is -1.95. The largest absolute Gasteiger partial charge is 0.497 e. The average molecular weight is 274 g/mol. The predicted molar refractivity (Wildman–Crippen MR) is 79.6 cm³/mol. The third kappa shape index (κ3) is 3.53. The first-order chi connectivity index (χ1) is 9.62. The van der Waals surface area contributed by atoms with Crippen molar-refractivity contribution < 1.29 is 9.47 Å². The number of aromatic amines is 1. The maximum absolute atomic E-state index is 5.28. The molecule has 4 heteroatoms. The molecule has 108 valence electrons. The van der Waals surface area contributed by atoms with Crippen LogP contribution in [-0.4, -0.2) is 24.4 Å². The Kier molecular flexibility index (Phi) is 4.66. The van der Waals surface area contributed by atoms with Gasteiger partial charge in [-0.15, -0.1) is 0 Å². The lowest BCUT2D eigenvalue weighted by atomic mass is 10.1. The second kappa shape index (κ2) is 6.46. The minimum atomic E-state index is 0.455. The number of ether oxygens (including phenoxy) is 2. The van der Waals surface area contributed by atoms with Crippen molar-refractivity contribution in [2.45, 2.75) is 32.6 Å². The van der Waals surface area contributed by atoms with E-state index in [0.29, 0.717) is 5.92 Å². The van der Waals surface area contributed by atoms with Crippen LogP contribution in [0.25, 0.3) is 0 Å². The molecule has 4 nitrogen and oxygen atoms in total. The van der Waals surface area contributed by atoms with E-state index in [2.05, 4.69) is 30.1 Å². The van der Waals surface area contributed by atoms with E-state index in [1.54, 1.807) is 14.2 Å². The molecule has 1 N–H and O–H groups in total. The molecule has 0 aliphatic rings. The molecule has 0 saturated carbocycles. The third-order valence-corrected chi connectivity index (χ3v) is 3.34. The van der Waals surface area contributed by atoms with Crippen LogP contribution < -0.4 is 9.47 Å². The van der Waals surface area contributed by atoms with Crippen LogP contribution in [0, 0.1) is 0 Å². The number of aryl methyl sites for hydroxylation is 2. The molecule has 2 rings (SSSR count). The maximum atomic E-state index is 5.28. The number of nitrogens with one attached hydrogen (secondary N) is 1. The second-order valence-electron chi connectivity index (χ2n) is 5.19. The fourth-order valence-corrected chi connectivity index (χ4v) is 2.09. The van der Waals surface area contributed by atoms with Gasteiger partial charge in [-0.3, -0.25) is 5.10 Å². The first-order valence-corrected chi connectivity index (χ1v) is 6.88. The number of hydrogen-bond acceptors (Lipinski definition) is 3. The van der Waals surface area contributed by atoms with Gasteiger partial charge < -0.3 is 9.47 Å². The maximum Gasteiger partial charge on any atom is 0.122 e. The van der Waals surface area contributed by atoms with Crippen LogP contribution in [0.1, 0.15) is 36.7 Å². The Bertz CT molecular complexity index is 539. The quantitative estimate of drug-likeness (QED) is 0.879. The molecule has 0 unspecified atom stereocenters. The molecule has 0 radical (unpaired) electrons. The highest BCUT2D eigenvalue weighted by Crippen LogP contribution is 2.23. The first-order valence-electron chi connectivity index (χ1n) is 6.88. The number of rotatable bonds is 6. The Hall–Kier alpha value is -1.97. The zero-order chi connectivity index (χ0) is 14.5. The summed E-state index contributed by atoms with van der Waals surface area (Å²) in [5.74, 6) is 2.11. The molecule has 0 spiro atoms. The summed E-state index contributed by atoms with van der Waals surface area (Å²) in [5.41, 5.74) is 3.47. The van der Waals surface area contributed by atoms with Crippen LogP contribution >= 0.6 is 0 Å².